The van der Waals surface area contributed by atoms with Gasteiger partial charge in [0, 0.05) is 6.42 Å². The van der Waals surface area contributed by atoms with E-state index in [0.717, 1.165) is 32.1 Å². The highest BCUT2D eigenvalue weighted by atomic mass is 16.5. The number of hydrogen-bond donors (Lipinski definition) is 1. The van der Waals surface area contributed by atoms with Crippen LogP contribution in [0.5, 0.6) is 0 Å². The van der Waals surface area contributed by atoms with E-state index in [1.54, 1.807) is 0 Å². The lowest BCUT2D eigenvalue weighted by Gasteiger charge is -2.08. The summed E-state index contributed by atoms with van der Waals surface area (Å²) in [5.74, 6) is -0.132. The summed E-state index contributed by atoms with van der Waals surface area (Å²) >= 11 is 0. The molecule has 0 heterocycles. The van der Waals surface area contributed by atoms with Crippen molar-refractivity contribution in [3.63, 3.8) is 0 Å². The van der Waals surface area contributed by atoms with Gasteiger partial charge in [0.15, 0.2) is 0 Å². The highest BCUT2D eigenvalue weighted by molar-refractivity contribution is 5.69. The largest absolute Gasteiger partial charge is 1.00 e. The SMILES string of the molecule is CCCCOC(=O)CCCC(O)CCC.[H+]. The number of carbonyl (C=O) groups is 1. The second-order valence-electron chi connectivity index (χ2n) is 3.91. The molecule has 3 nitrogen and oxygen atoms in total. The van der Waals surface area contributed by atoms with Gasteiger partial charge in [0.2, 0.25) is 0 Å². The van der Waals surface area contributed by atoms with Crippen molar-refractivity contribution < 1.29 is 16.1 Å². The highest BCUT2D eigenvalue weighted by Gasteiger charge is 2.06. The van der Waals surface area contributed by atoms with Crippen molar-refractivity contribution in [1.82, 2.24) is 0 Å². The number of aliphatic hydroxyl groups excluding tert-OH is 1. The highest BCUT2D eigenvalue weighted by Crippen LogP contribution is 2.07. The van der Waals surface area contributed by atoms with Gasteiger partial charge >= 0.3 is 7.40 Å². The first-order valence-corrected chi connectivity index (χ1v) is 6.04. The van der Waals surface area contributed by atoms with Crippen LogP contribution in [0.15, 0.2) is 0 Å². The Morgan fingerprint density at radius 1 is 1.27 bits per heavy atom. The first-order chi connectivity index (χ1) is 7.20. The molecule has 15 heavy (non-hydrogen) atoms. The Balaban J connectivity index is 0. The molecule has 1 unspecified atom stereocenters. The summed E-state index contributed by atoms with van der Waals surface area (Å²) in [6, 6.07) is 0. The molecule has 1 atom stereocenters. The summed E-state index contributed by atoms with van der Waals surface area (Å²) in [6.45, 7) is 4.64. The molecule has 3 heteroatoms. The van der Waals surface area contributed by atoms with Gasteiger partial charge in [0.1, 0.15) is 0 Å². The number of esters is 1. The van der Waals surface area contributed by atoms with Gasteiger partial charge in [-0.1, -0.05) is 26.7 Å². The first kappa shape index (κ1) is 14.4. The Labute approximate surface area is 94.3 Å². The minimum absolute atomic E-state index is 0. The topological polar surface area (TPSA) is 46.5 Å². The Kier molecular flexibility index (Phi) is 9.59. The smallest absolute Gasteiger partial charge is 0.466 e. The quantitative estimate of drug-likeness (QED) is 0.477. The van der Waals surface area contributed by atoms with Crippen molar-refractivity contribution in [3.8, 4) is 0 Å². The number of aliphatic hydroxyl groups is 1. The van der Waals surface area contributed by atoms with Crippen LogP contribution in [0.1, 0.15) is 60.2 Å². The van der Waals surface area contributed by atoms with Crippen LogP contribution in [0.3, 0.4) is 0 Å². The van der Waals surface area contributed by atoms with Crippen LogP contribution < -0.4 is 0 Å². The maximum absolute atomic E-state index is 11.2. The normalized spacial score (nSPS) is 12.5. The number of unbranched alkanes of at least 4 members (excludes halogenated alkanes) is 1. The minimum Gasteiger partial charge on any atom is -0.466 e. The second kappa shape index (κ2) is 9.97. The molecule has 0 rings (SSSR count). The van der Waals surface area contributed by atoms with Crippen LogP contribution in [0.4, 0.5) is 0 Å². The standard InChI is InChI=1S/C12H24O3/c1-3-5-10-15-12(14)9-6-8-11(13)7-4-2/h11,13H,3-10H2,1-2H3/p+1. The van der Waals surface area contributed by atoms with Gasteiger partial charge in [-0.15, -0.1) is 0 Å². The average molecular weight is 217 g/mol. The van der Waals surface area contributed by atoms with E-state index in [0.29, 0.717) is 19.4 Å². The average Bonchev–Trinajstić information content (AvgIpc) is 2.18. The van der Waals surface area contributed by atoms with Gasteiger partial charge in [-0.25, -0.2) is 0 Å². The van der Waals surface area contributed by atoms with Crippen molar-refractivity contribution in [2.75, 3.05) is 6.61 Å². The maximum Gasteiger partial charge on any atom is 1.00 e. The minimum atomic E-state index is -0.251. The van der Waals surface area contributed by atoms with Crippen LogP contribution >= 0.6 is 0 Å². The van der Waals surface area contributed by atoms with Crippen LogP contribution in [0.2, 0.25) is 0 Å². The number of hydrogen-bond acceptors (Lipinski definition) is 3. The molecule has 0 aromatic heterocycles. The second-order valence-corrected chi connectivity index (χ2v) is 3.91. The van der Waals surface area contributed by atoms with Gasteiger partial charge < -0.3 is 9.84 Å². The van der Waals surface area contributed by atoms with Gasteiger partial charge in [-0.3, -0.25) is 4.79 Å². The number of ether oxygens (including phenoxy) is 1. The number of rotatable bonds is 9. The molecule has 0 amide bonds. The molecule has 0 aliphatic rings. The predicted octanol–water partition coefficient (Wildman–Crippen LogP) is 2.77. The van der Waals surface area contributed by atoms with E-state index in [2.05, 4.69) is 6.92 Å². The fourth-order valence-electron chi connectivity index (χ4n) is 1.36. The van der Waals surface area contributed by atoms with E-state index in [9.17, 15) is 9.90 Å². The van der Waals surface area contributed by atoms with Gasteiger partial charge in [0.05, 0.1) is 12.7 Å². The molecule has 90 valence electrons. The van der Waals surface area contributed by atoms with Gasteiger partial charge in [0.25, 0.3) is 0 Å². The lowest BCUT2D eigenvalue weighted by Crippen LogP contribution is -2.09. The first-order valence-electron chi connectivity index (χ1n) is 6.04. The summed E-state index contributed by atoms with van der Waals surface area (Å²) < 4.78 is 5.00. The lowest BCUT2D eigenvalue weighted by atomic mass is 10.1. The molecular formula is C12H25O3+. The zero-order chi connectivity index (χ0) is 11.5. The summed E-state index contributed by atoms with van der Waals surface area (Å²) in [4.78, 5) is 11.2. The van der Waals surface area contributed by atoms with E-state index < -0.39 is 0 Å². The van der Waals surface area contributed by atoms with Crippen molar-refractivity contribution in [2.24, 2.45) is 0 Å². The molecule has 0 aliphatic carbocycles. The third-order valence-corrected chi connectivity index (χ3v) is 2.30. The van der Waals surface area contributed by atoms with Gasteiger partial charge in [-0.05, 0) is 25.7 Å². The summed E-state index contributed by atoms with van der Waals surface area (Å²) in [7, 11) is 0. The van der Waals surface area contributed by atoms with E-state index >= 15 is 0 Å². The molecule has 0 saturated heterocycles. The zero-order valence-electron chi connectivity index (χ0n) is 11.0. The molecule has 0 fully saturated rings. The van der Waals surface area contributed by atoms with Crippen molar-refractivity contribution >= 4 is 5.97 Å². The van der Waals surface area contributed by atoms with E-state index in [-0.39, 0.29) is 13.5 Å². The van der Waals surface area contributed by atoms with Crippen LogP contribution in [0.25, 0.3) is 0 Å². The third-order valence-electron chi connectivity index (χ3n) is 2.30. The Morgan fingerprint density at radius 2 is 2.00 bits per heavy atom. The molecular weight excluding hydrogens is 192 g/mol. The Bertz CT molecular complexity index is 162. The molecule has 0 spiro atoms. The van der Waals surface area contributed by atoms with Crippen molar-refractivity contribution in [1.29, 1.82) is 0 Å². The van der Waals surface area contributed by atoms with Crippen molar-refractivity contribution in [2.45, 2.75) is 64.9 Å². The van der Waals surface area contributed by atoms with Crippen LogP contribution in [-0.4, -0.2) is 23.8 Å². The number of carbonyl (C=O) groups excluding carboxylic acids is 1. The lowest BCUT2D eigenvalue weighted by molar-refractivity contribution is -0.143. The molecule has 0 radical (unpaired) electrons. The Morgan fingerprint density at radius 3 is 2.60 bits per heavy atom. The van der Waals surface area contributed by atoms with E-state index in [1.165, 1.54) is 0 Å². The summed E-state index contributed by atoms with van der Waals surface area (Å²) in [6.07, 6.45) is 5.41. The Hall–Kier alpha value is -0.570. The summed E-state index contributed by atoms with van der Waals surface area (Å²) in [5.41, 5.74) is 0. The van der Waals surface area contributed by atoms with Crippen molar-refractivity contribution in [3.05, 3.63) is 0 Å². The molecule has 0 bridgehead atoms. The fourth-order valence-corrected chi connectivity index (χ4v) is 1.36. The molecule has 0 aliphatic heterocycles. The molecule has 0 aromatic carbocycles. The van der Waals surface area contributed by atoms with E-state index in [1.807, 2.05) is 6.92 Å². The fraction of sp³-hybridized carbons (Fsp3) is 0.917. The summed E-state index contributed by atoms with van der Waals surface area (Å²) in [5, 5.41) is 9.42. The third kappa shape index (κ3) is 9.73. The van der Waals surface area contributed by atoms with Gasteiger partial charge in [-0.2, -0.15) is 0 Å². The van der Waals surface area contributed by atoms with Crippen LogP contribution in [-0.2, 0) is 9.53 Å². The van der Waals surface area contributed by atoms with E-state index in [4.69, 9.17) is 4.74 Å². The van der Waals surface area contributed by atoms with Crippen LogP contribution in [0, 0.1) is 0 Å². The maximum atomic E-state index is 11.2. The predicted molar refractivity (Wildman–Crippen MR) is 61.7 cm³/mol. The molecule has 0 aromatic rings. The molecule has 1 N–H and O–H groups in total. The monoisotopic (exact) mass is 217 g/mol. The zero-order valence-corrected chi connectivity index (χ0v) is 10.00. The molecule has 0 saturated carbocycles.